The van der Waals surface area contributed by atoms with Crippen LogP contribution in [-0.2, 0) is 4.74 Å². The third-order valence-corrected chi connectivity index (χ3v) is 4.37. The predicted octanol–water partition coefficient (Wildman–Crippen LogP) is 1.43. The summed E-state index contributed by atoms with van der Waals surface area (Å²) in [5.41, 5.74) is 0. The third-order valence-electron chi connectivity index (χ3n) is 4.37. The molecule has 0 aromatic rings. The van der Waals surface area contributed by atoms with Gasteiger partial charge in [0.1, 0.15) is 0 Å². The lowest BCUT2D eigenvalue weighted by Gasteiger charge is -2.35. The van der Waals surface area contributed by atoms with E-state index < -0.39 is 0 Å². The van der Waals surface area contributed by atoms with Gasteiger partial charge in [0, 0.05) is 0 Å². The quantitative estimate of drug-likeness (QED) is 0.459. The molecule has 1 nitrogen and oxygen atoms in total. The number of rotatable bonds is 0. The predicted molar refractivity (Wildman–Crippen MR) is 36.5 cm³/mol. The van der Waals surface area contributed by atoms with E-state index in [1.165, 1.54) is 12.8 Å². The van der Waals surface area contributed by atoms with Gasteiger partial charge >= 0.3 is 0 Å². The first-order valence-electron chi connectivity index (χ1n) is 4.60. The highest BCUT2D eigenvalue weighted by molar-refractivity contribution is 5.19. The minimum Gasteiger partial charge on any atom is -0.369 e. The highest BCUT2D eigenvalue weighted by atomic mass is 16.6. The molecule has 4 rings (SSSR count). The van der Waals surface area contributed by atoms with Crippen LogP contribution in [0.1, 0.15) is 19.3 Å². The largest absolute Gasteiger partial charge is 0.369 e. The first-order chi connectivity index (χ1) is 4.95. The zero-order valence-corrected chi connectivity index (χ0v) is 5.99. The Bertz CT molecular complexity index is 181. The van der Waals surface area contributed by atoms with Crippen LogP contribution in [0.3, 0.4) is 0 Å². The van der Waals surface area contributed by atoms with E-state index in [1.807, 2.05) is 0 Å². The Morgan fingerprint density at radius 3 is 2.10 bits per heavy atom. The summed E-state index contributed by atoms with van der Waals surface area (Å²) >= 11 is 0. The normalized spacial score (nSPS) is 74.4. The number of epoxide rings is 1. The molecule has 0 amide bonds. The summed E-state index contributed by atoms with van der Waals surface area (Å²) in [6.45, 7) is 0. The maximum Gasteiger partial charge on any atom is 0.0879 e. The van der Waals surface area contributed by atoms with Gasteiger partial charge in [0.25, 0.3) is 0 Å². The van der Waals surface area contributed by atoms with Gasteiger partial charge in [-0.3, -0.25) is 0 Å². The minimum atomic E-state index is 0.764. The van der Waals surface area contributed by atoms with Crippen molar-refractivity contribution in [3.05, 3.63) is 0 Å². The summed E-state index contributed by atoms with van der Waals surface area (Å²) in [5.74, 6) is 4.28. The highest BCUT2D eigenvalue weighted by Gasteiger charge is 2.72. The molecule has 10 heavy (non-hydrogen) atoms. The van der Waals surface area contributed by atoms with Gasteiger partial charge in [0.15, 0.2) is 0 Å². The summed E-state index contributed by atoms with van der Waals surface area (Å²) in [6.07, 6.45) is 6.14. The molecule has 0 radical (unpaired) electrons. The lowest BCUT2D eigenvalue weighted by atomic mass is 9.66. The van der Waals surface area contributed by atoms with Crippen molar-refractivity contribution in [3.8, 4) is 0 Å². The van der Waals surface area contributed by atoms with Crippen molar-refractivity contribution in [3.63, 3.8) is 0 Å². The zero-order chi connectivity index (χ0) is 6.29. The molecule has 0 spiro atoms. The van der Waals surface area contributed by atoms with Crippen LogP contribution in [0.2, 0.25) is 0 Å². The molecular weight excluding hydrogens is 124 g/mol. The van der Waals surface area contributed by atoms with E-state index in [1.54, 1.807) is 6.42 Å². The molecule has 6 atom stereocenters. The van der Waals surface area contributed by atoms with Crippen LogP contribution in [0.25, 0.3) is 0 Å². The van der Waals surface area contributed by atoms with Gasteiger partial charge in [-0.1, -0.05) is 0 Å². The van der Waals surface area contributed by atoms with Crippen LogP contribution in [-0.4, -0.2) is 12.2 Å². The van der Waals surface area contributed by atoms with Crippen molar-refractivity contribution < 1.29 is 4.74 Å². The van der Waals surface area contributed by atoms with Crippen LogP contribution in [0.15, 0.2) is 0 Å². The maximum atomic E-state index is 5.58. The van der Waals surface area contributed by atoms with Gasteiger partial charge in [0.2, 0.25) is 0 Å². The van der Waals surface area contributed by atoms with E-state index in [9.17, 15) is 0 Å². The molecule has 3 saturated carbocycles. The standard InChI is InChI=1S/C9H12O/c1-2-5-3-4(1)6-7(5)9-8(6)10-9/h4-9H,1-3H2. The average Bonchev–Trinajstić information content (AvgIpc) is 2.38. The second kappa shape index (κ2) is 1.18. The third kappa shape index (κ3) is 0.315. The lowest BCUT2D eigenvalue weighted by Crippen LogP contribution is -2.40. The van der Waals surface area contributed by atoms with Crippen molar-refractivity contribution >= 4 is 0 Å². The van der Waals surface area contributed by atoms with E-state index in [0.717, 1.165) is 35.9 Å². The van der Waals surface area contributed by atoms with Crippen LogP contribution >= 0.6 is 0 Å². The molecule has 54 valence electrons. The minimum absolute atomic E-state index is 0.764. The van der Waals surface area contributed by atoms with E-state index in [0.29, 0.717) is 0 Å². The van der Waals surface area contributed by atoms with Gasteiger partial charge in [-0.2, -0.15) is 0 Å². The van der Waals surface area contributed by atoms with Crippen molar-refractivity contribution in [2.75, 3.05) is 0 Å². The Balaban J connectivity index is 1.80. The Morgan fingerprint density at radius 1 is 0.900 bits per heavy atom. The molecule has 3 aliphatic carbocycles. The summed E-state index contributed by atoms with van der Waals surface area (Å²) in [4.78, 5) is 0. The molecule has 1 heterocycles. The van der Waals surface area contributed by atoms with E-state index in [4.69, 9.17) is 4.74 Å². The first-order valence-corrected chi connectivity index (χ1v) is 4.60. The maximum absolute atomic E-state index is 5.58. The highest BCUT2D eigenvalue weighted by Crippen LogP contribution is 2.68. The van der Waals surface area contributed by atoms with E-state index >= 15 is 0 Å². The molecule has 0 aromatic carbocycles. The Morgan fingerprint density at radius 2 is 1.50 bits per heavy atom. The van der Waals surface area contributed by atoms with Crippen LogP contribution in [0.4, 0.5) is 0 Å². The monoisotopic (exact) mass is 136 g/mol. The van der Waals surface area contributed by atoms with Gasteiger partial charge < -0.3 is 4.74 Å². The van der Waals surface area contributed by atoms with Crippen LogP contribution in [0, 0.1) is 23.7 Å². The molecule has 1 aliphatic heterocycles. The van der Waals surface area contributed by atoms with Gasteiger partial charge in [-0.25, -0.2) is 0 Å². The zero-order valence-electron chi connectivity index (χ0n) is 5.99. The molecule has 4 fully saturated rings. The van der Waals surface area contributed by atoms with Crippen LogP contribution < -0.4 is 0 Å². The van der Waals surface area contributed by atoms with Crippen molar-refractivity contribution in [2.24, 2.45) is 23.7 Å². The van der Waals surface area contributed by atoms with Crippen molar-refractivity contribution in [1.29, 1.82) is 0 Å². The lowest BCUT2D eigenvalue weighted by molar-refractivity contribution is 0.153. The molecule has 4 aliphatic rings. The Hall–Kier alpha value is -0.0400. The summed E-state index contributed by atoms with van der Waals surface area (Å²) in [5, 5.41) is 0. The van der Waals surface area contributed by atoms with Crippen molar-refractivity contribution in [1.82, 2.24) is 0 Å². The average molecular weight is 136 g/mol. The molecule has 1 heteroatoms. The fourth-order valence-corrected chi connectivity index (χ4v) is 3.97. The van der Waals surface area contributed by atoms with Gasteiger partial charge in [0.05, 0.1) is 12.2 Å². The molecular formula is C9H12O. The fraction of sp³-hybridized carbons (Fsp3) is 1.00. The Labute approximate surface area is 60.7 Å². The molecule has 2 bridgehead atoms. The number of hydrogen-bond donors (Lipinski definition) is 0. The second-order valence-electron chi connectivity index (χ2n) is 4.55. The summed E-state index contributed by atoms with van der Waals surface area (Å²) in [6, 6.07) is 0. The van der Waals surface area contributed by atoms with Crippen LogP contribution in [0.5, 0.6) is 0 Å². The number of ether oxygens (including phenoxy) is 1. The topological polar surface area (TPSA) is 12.5 Å². The summed E-state index contributed by atoms with van der Waals surface area (Å²) in [7, 11) is 0. The number of hydrogen-bond acceptors (Lipinski definition) is 1. The second-order valence-corrected chi connectivity index (χ2v) is 4.55. The molecule has 6 unspecified atom stereocenters. The van der Waals surface area contributed by atoms with Gasteiger partial charge in [-0.15, -0.1) is 0 Å². The molecule has 1 saturated heterocycles. The fourth-order valence-electron chi connectivity index (χ4n) is 3.97. The van der Waals surface area contributed by atoms with Crippen molar-refractivity contribution in [2.45, 2.75) is 31.5 Å². The molecule has 0 N–H and O–H groups in total. The SMILES string of the molecule is C1CC2CC1C1C3OC3C21. The first kappa shape index (κ1) is 4.76. The summed E-state index contributed by atoms with van der Waals surface area (Å²) < 4.78 is 5.58. The molecule has 0 aromatic heterocycles. The number of fused-ring (bicyclic) bond motifs is 8. The van der Waals surface area contributed by atoms with E-state index in [-0.39, 0.29) is 0 Å². The smallest absolute Gasteiger partial charge is 0.0879 e. The van der Waals surface area contributed by atoms with E-state index in [2.05, 4.69) is 0 Å². The van der Waals surface area contributed by atoms with Gasteiger partial charge in [-0.05, 0) is 42.9 Å². The Kier molecular flexibility index (Phi) is 0.560.